The van der Waals surface area contributed by atoms with Crippen molar-refractivity contribution in [2.45, 2.75) is 58.8 Å². The van der Waals surface area contributed by atoms with E-state index in [0.717, 1.165) is 29.7 Å². The number of anilines is 1. The maximum atomic E-state index is 5.53. The number of hydrogen-bond acceptors (Lipinski definition) is 4. The molecular formula is C15H26N4. The molecule has 1 fully saturated rings. The second kappa shape index (κ2) is 6.33. The number of nitrogens with one attached hydrogen (secondary N) is 1. The van der Waals surface area contributed by atoms with Gasteiger partial charge in [0.2, 0.25) is 0 Å². The molecule has 1 aromatic rings. The van der Waals surface area contributed by atoms with Gasteiger partial charge in [-0.1, -0.05) is 33.6 Å². The van der Waals surface area contributed by atoms with Crippen molar-refractivity contribution in [1.82, 2.24) is 9.97 Å². The zero-order chi connectivity index (χ0) is 13.8. The first kappa shape index (κ1) is 14.3. The Morgan fingerprint density at radius 1 is 1.37 bits per heavy atom. The van der Waals surface area contributed by atoms with Crippen LogP contribution in [0.15, 0.2) is 6.07 Å². The van der Waals surface area contributed by atoms with Gasteiger partial charge in [0.1, 0.15) is 11.6 Å². The number of aromatic nitrogens is 2. The minimum absolute atomic E-state index is 0.503. The summed E-state index contributed by atoms with van der Waals surface area (Å²) in [6, 6.07) is 1.97. The van der Waals surface area contributed by atoms with Gasteiger partial charge >= 0.3 is 0 Å². The van der Waals surface area contributed by atoms with Gasteiger partial charge in [0, 0.05) is 17.7 Å². The first-order valence-electron chi connectivity index (χ1n) is 7.43. The molecule has 1 aliphatic rings. The summed E-state index contributed by atoms with van der Waals surface area (Å²) in [7, 11) is 0. The summed E-state index contributed by atoms with van der Waals surface area (Å²) < 4.78 is 0. The molecule has 1 aliphatic carbocycles. The predicted octanol–water partition coefficient (Wildman–Crippen LogP) is 3.25. The molecule has 4 nitrogen and oxygen atoms in total. The fraction of sp³-hybridized carbons (Fsp3) is 0.733. The van der Waals surface area contributed by atoms with E-state index in [1.807, 2.05) is 6.07 Å². The molecule has 2 rings (SSSR count). The Kier molecular flexibility index (Phi) is 4.75. The topological polar surface area (TPSA) is 63.8 Å². The Bertz CT molecular complexity index is 417. The highest BCUT2D eigenvalue weighted by atomic mass is 15.3. The largest absolute Gasteiger partial charge is 0.308 e. The molecule has 106 valence electrons. The van der Waals surface area contributed by atoms with Crippen molar-refractivity contribution in [2.75, 3.05) is 5.43 Å². The van der Waals surface area contributed by atoms with Gasteiger partial charge in [-0.15, -0.1) is 0 Å². The van der Waals surface area contributed by atoms with E-state index in [1.165, 1.54) is 25.7 Å². The lowest BCUT2D eigenvalue weighted by Crippen LogP contribution is -2.18. The maximum Gasteiger partial charge on any atom is 0.143 e. The summed E-state index contributed by atoms with van der Waals surface area (Å²) in [6.07, 6.45) is 6.01. The molecule has 0 amide bonds. The van der Waals surface area contributed by atoms with E-state index in [-0.39, 0.29) is 0 Å². The van der Waals surface area contributed by atoms with E-state index in [0.29, 0.717) is 11.8 Å². The van der Waals surface area contributed by atoms with Gasteiger partial charge in [0.05, 0.1) is 0 Å². The summed E-state index contributed by atoms with van der Waals surface area (Å²) in [4.78, 5) is 9.34. The van der Waals surface area contributed by atoms with Gasteiger partial charge in [0.15, 0.2) is 0 Å². The van der Waals surface area contributed by atoms with Gasteiger partial charge < -0.3 is 5.43 Å². The second-order valence-corrected chi connectivity index (χ2v) is 6.31. The van der Waals surface area contributed by atoms with Crippen molar-refractivity contribution in [3.8, 4) is 0 Å². The molecule has 0 radical (unpaired) electrons. The Morgan fingerprint density at radius 3 is 2.79 bits per heavy atom. The van der Waals surface area contributed by atoms with E-state index < -0.39 is 0 Å². The molecule has 4 heteroatoms. The van der Waals surface area contributed by atoms with E-state index >= 15 is 0 Å². The van der Waals surface area contributed by atoms with E-state index in [1.54, 1.807) is 0 Å². The van der Waals surface area contributed by atoms with Gasteiger partial charge in [0.25, 0.3) is 0 Å². The average Bonchev–Trinajstić information content (AvgIpc) is 2.37. The molecular weight excluding hydrogens is 236 g/mol. The zero-order valence-corrected chi connectivity index (χ0v) is 12.3. The van der Waals surface area contributed by atoms with Crippen LogP contribution in [-0.2, 0) is 6.42 Å². The number of hydrogen-bond donors (Lipinski definition) is 2. The third kappa shape index (κ3) is 3.90. The van der Waals surface area contributed by atoms with Gasteiger partial charge in [-0.25, -0.2) is 15.8 Å². The lowest BCUT2D eigenvalue weighted by atomic mass is 9.82. The van der Waals surface area contributed by atoms with E-state index in [2.05, 4.69) is 31.2 Å². The van der Waals surface area contributed by atoms with Gasteiger partial charge in [-0.05, 0) is 31.1 Å². The molecule has 1 aromatic heterocycles. The van der Waals surface area contributed by atoms with Crippen molar-refractivity contribution in [3.05, 3.63) is 17.6 Å². The van der Waals surface area contributed by atoms with E-state index in [9.17, 15) is 0 Å². The van der Waals surface area contributed by atoms with Crippen molar-refractivity contribution in [2.24, 2.45) is 17.7 Å². The maximum absolute atomic E-state index is 5.53. The van der Waals surface area contributed by atoms with Crippen LogP contribution in [0.1, 0.15) is 63.9 Å². The second-order valence-electron chi connectivity index (χ2n) is 6.31. The Balaban J connectivity index is 2.22. The summed E-state index contributed by atoms with van der Waals surface area (Å²) in [5, 5.41) is 0. The number of nitrogen functional groups attached to an aromatic ring is 1. The normalized spacial score (nSPS) is 23.6. The first-order valence-corrected chi connectivity index (χ1v) is 7.43. The third-order valence-electron chi connectivity index (χ3n) is 3.86. The molecule has 0 saturated heterocycles. The first-order chi connectivity index (χ1) is 9.08. The number of rotatable bonds is 4. The minimum Gasteiger partial charge on any atom is -0.308 e. The number of nitrogens with two attached hydrogens (primary N) is 1. The summed E-state index contributed by atoms with van der Waals surface area (Å²) >= 11 is 0. The SMILES string of the molecule is CC(C)Cc1cc(NN)nc(C2CCCC(C)C2)n1. The molecule has 1 heterocycles. The highest BCUT2D eigenvalue weighted by Gasteiger charge is 2.23. The molecule has 0 spiro atoms. The lowest BCUT2D eigenvalue weighted by Gasteiger charge is -2.26. The Morgan fingerprint density at radius 2 is 2.16 bits per heavy atom. The fourth-order valence-electron chi connectivity index (χ4n) is 2.97. The molecule has 0 aliphatic heterocycles. The zero-order valence-electron chi connectivity index (χ0n) is 12.3. The van der Waals surface area contributed by atoms with Crippen molar-refractivity contribution >= 4 is 5.82 Å². The number of hydrazine groups is 1. The van der Waals surface area contributed by atoms with Crippen LogP contribution < -0.4 is 11.3 Å². The van der Waals surface area contributed by atoms with Gasteiger partial charge in [-0.2, -0.15) is 0 Å². The minimum atomic E-state index is 0.503. The smallest absolute Gasteiger partial charge is 0.143 e. The molecule has 2 atom stereocenters. The molecule has 0 aromatic carbocycles. The quantitative estimate of drug-likeness (QED) is 0.646. The molecule has 0 bridgehead atoms. The van der Waals surface area contributed by atoms with Crippen LogP contribution in [0.5, 0.6) is 0 Å². The van der Waals surface area contributed by atoms with Crippen molar-refractivity contribution in [3.63, 3.8) is 0 Å². The van der Waals surface area contributed by atoms with Crippen LogP contribution in [0.2, 0.25) is 0 Å². The fourth-order valence-corrected chi connectivity index (χ4v) is 2.97. The summed E-state index contributed by atoms with van der Waals surface area (Å²) in [5.74, 6) is 9.15. The Labute approximate surface area is 116 Å². The monoisotopic (exact) mass is 262 g/mol. The van der Waals surface area contributed by atoms with Crippen LogP contribution in [-0.4, -0.2) is 9.97 Å². The lowest BCUT2D eigenvalue weighted by molar-refractivity contribution is 0.334. The molecule has 1 saturated carbocycles. The van der Waals surface area contributed by atoms with Crippen molar-refractivity contribution in [1.29, 1.82) is 0 Å². The van der Waals surface area contributed by atoms with Crippen LogP contribution in [0.4, 0.5) is 5.82 Å². The molecule has 2 unspecified atom stereocenters. The van der Waals surface area contributed by atoms with Crippen LogP contribution in [0, 0.1) is 11.8 Å². The predicted molar refractivity (Wildman–Crippen MR) is 78.8 cm³/mol. The Hall–Kier alpha value is -1.16. The molecule has 3 N–H and O–H groups in total. The summed E-state index contributed by atoms with van der Waals surface area (Å²) in [5.41, 5.74) is 3.78. The highest BCUT2D eigenvalue weighted by Crippen LogP contribution is 2.34. The van der Waals surface area contributed by atoms with Crippen LogP contribution in [0.3, 0.4) is 0 Å². The van der Waals surface area contributed by atoms with Crippen LogP contribution in [0.25, 0.3) is 0 Å². The highest BCUT2D eigenvalue weighted by molar-refractivity contribution is 5.35. The standard InChI is InChI=1S/C15H26N4/c1-10(2)7-13-9-14(19-16)18-15(17-13)12-6-4-5-11(3)8-12/h9-12H,4-8,16H2,1-3H3,(H,17,18,19). The average molecular weight is 262 g/mol. The van der Waals surface area contributed by atoms with Crippen LogP contribution >= 0.6 is 0 Å². The van der Waals surface area contributed by atoms with Gasteiger partial charge in [-0.3, -0.25) is 0 Å². The number of nitrogens with zero attached hydrogens (tertiary/aromatic N) is 2. The summed E-state index contributed by atoms with van der Waals surface area (Å²) in [6.45, 7) is 6.74. The molecule has 19 heavy (non-hydrogen) atoms. The van der Waals surface area contributed by atoms with E-state index in [4.69, 9.17) is 10.8 Å². The van der Waals surface area contributed by atoms with Crippen molar-refractivity contribution < 1.29 is 0 Å². The third-order valence-corrected chi connectivity index (χ3v) is 3.86.